The van der Waals surface area contributed by atoms with E-state index < -0.39 is 18.0 Å². The van der Waals surface area contributed by atoms with Crippen molar-refractivity contribution in [2.75, 3.05) is 5.32 Å². The van der Waals surface area contributed by atoms with Gasteiger partial charge in [-0.2, -0.15) is 13.2 Å². The molecule has 3 heterocycles. The molecule has 0 radical (unpaired) electrons. The monoisotopic (exact) mass is 400 g/mol. The molecule has 4 nitrogen and oxygen atoms in total. The molecule has 1 unspecified atom stereocenters. The van der Waals surface area contributed by atoms with Gasteiger partial charge in [0.25, 0.3) is 0 Å². The van der Waals surface area contributed by atoms with Gasteiger partial charge in [0.05, 0.1) is 0 Å². The number of anilines is 1. The topological polar surface area (TPSA) is 53.6 Å². The van der Waals surface area contributed by atoms with Gasteiger partial charge >= 0.3 is 6.18 Å². The van der Waals surface area contributed by atoms with Gasteiger partial charge in [-0.05, 0) is 47.0 Å². The third-order valence-electron chi connectivity index (χ3n) is 4.56. The molecule has 4 aromatic rings. The molecule has 0 saturated heterocycles. The number of H-pyrrole nitrogens is 1. The fourth-order valence-corrected chi connectivity index (χ4v) is 3.18. The highest BCUT2D eigenvalue weighted by Gasteiger charge is 2.41. The van der Waals surface area contributed by atoms with Crippen molar-refractivity contribution in [3.63, 3.8) is 0 Å². The molecule has 148 valence electrons. The molecule has 29 heavy (non-hydrogen) atoms. The Morgan fingerprint density at radius 1 is 1.03 bits per heavy atom. The Morgan fingerprint density at radius 2 is 1.90 bits per heavy atom. The maximum Gasteiger partial charge on any atom is 0.412 e. The van der Waals surface area contributed by atoms with Gasteiger partial charge in [0.1, 0.15) is 23.3 Å². The van der Waals surface area contributed by atoms with Crippen LogP contribution in [0.1, 0.15) is 22.7 Å². The van der Waals surface area contributed by atoms with Crippen molar-refractivity contribution in [2.24, 2.45) is 0 Å². The normalized spacial score (nSPS) is 12.8. The van der Waals surface area contributed by atoms with Gasteiger partial charge in [-0.1, -0.05) is 18.2 Å². The average molecular weight is 400 g/mol. The van der Waals surface area contributed by atoms with Crippen LogP contribution in [0.25, 0.3) is 11.0 Å². The Labute approximate surface area is 163 Å². The summed E-state index contributed by atoms with van der Waals surface area (Å²) in [5, 5.41) is 3.34. The van der Waals surface area contributed by atoms with Crippen molar-refractivity contribution < 1.29 is 17.6 Å². The highest BCUT2D eigenvalue weighted by Crippen LogP contribution is 2.35. The number of alkyl halides is 3. The second-order valence-electron chi connectivity index (χ2n) is 6.62. The van der Waals surface area contributed by atoms with Crippen LogP contribution in [-0.4, -0.2) is 21.1 Å². The minimum Gasteiger partial charge on any atom is -0.355 e. The maximum atomic E-state index is 13.5. The molecule has 3 aromatic heterocycles. The summed E-state index contributed by atoms with van der Waals surface area (Å²) < 4.78 is 53.8. The van der Waals surface area contributed by atoms with E-state index >= 15 is 0 Å². The minimum absolute atomic E-state index is 0.0564. The van der Waals surface area contributed by atoms with Crippen LogP contribution in [0.2, 0.25) is 0 Å². The summed E-state index contributed by atoms with van der Waals surface area (Å²) in [4.78, 5) is 11.4. The Kier molecular flexibility index (Phi) is 4.92. The quantitative estimate of drug-likeness (QED) is 0.441. The van der Waals surface area contributed by atoms with Crippen LogP contribution in [0.4, 0.5) is 23.4 Å². The fourth-order valence-electron chi connectivity index (χ4n) is 3.18. The summed E-state index contributed by atoms with van der Waals surface area (Å²) in [6, 6.07) is 9.37. The summed E-state index contributed by atoms with van der Waals surface area (Å²) in [5.74, 6) is -0.670. The van der Waals surface area contributed by atoms with Crippen molar-refractivity contribution in [3.8, 4) is 0 Å². The summed E-state index contributed by atoms with van der Waals surface area (Å²) in [5.41, 5.74) is 2.42. The van der Waals surface area contributed by atoms with E-state index in [2.05, 4.69) is 20.3 Å². The maximum absolute atomic E-state index is 13.5. The van der Waals surface area contributed by atoms with Gasteiger partial charge in [-0.15, -0.1) is 0 Å². The molecule has 0 bridgehead atoms. The van der Waals surface area contributed by atoms with E-state index in [9.17, 15) is 17.6 Å². The predicted molar refractivity (Wildman–Crippen MR) is 102 cm³/mol. The van der Waals surface area contributed by atoms with Crippen molar-refractivity contribution in [3.05, 3.63) is 89.6 Å². The molecule has 0 aliphatic carbocycles. The summed E-state index contributed by atoms with van der Waals surface area (Å²) in [6.07, 6.45) is 1.03. The van der Waals surface area contributed by atoms with E-state index in [4.69, 9.17) is 0 Å². The first kappa shape index (κ1) is 18.9. The van der Waals surface area contributed by atoms with E-state index in [0.29, 0.717) is 6.42 Å². The van der Waals surface area contributed by atoms with Gasteiger partial charge in [-0.3, -0.25) is 0 Å². The third-order valence-corrected chi connectivity index (χ3v) is 4.56. The number of hydrogen-bond acceptors (Lipinski definition) is 3. The summed E-state index contributed by atoms with van der Waals surface area (Å²) in [7, 11) is 0. The molecular formula is C21H16F4N4. The lowest BCUT2D eigenvalue weighted by Crippen LogP contribution is -2.28. The first-order valence-corrected chi connectivity index (χ1v) is 8.85. The zero-order valence-corrected chi connectivity index (χ0v) is 15.0. The van der Waals surface area contributed by atoms with Crippen molar-refractivity contribution in [1.82, 2.24) is 15.0 Å². The number of nitrogens with zero attached hydrogens (tertiary/aromatic N) is 2. The molecule has 1 atom stereocenters. The lowest BCUT2D eigenvalue weighted by molar-refractivity contribution is -0.144. The Hall–Kier alpha value is -3.42. The molecule has 1 aromatic carbocycles. The molecule has 4 rings (SSSR count). The zero-order chi connectivity index (χ0) is 20.4. The first-order chi connectivity index (χ1) is 13.9. The molecule has 0 aliphatic rings. The number of fused-ring (bicyclic) bond motifs is 1. The Morgan fingerprint density at radius 3 is 2.62 bits per heavy atom. The SMILES string of the molecule is Fc1cccc(C(Nc2ccc(Cc3c[nH]c4ncccc34)cn2)C(F)(F)F)c1. The van der Waals surface area contributed by atoms with Gasteiger partial charge in [0, 0.05) is 30.4 Å². The molecular weight excluding hydrogens is 384 g/mol. The Bertz CT molecular complexity index is 1120. The molecule has 0 saturated carbocycles. The molecule has 2 N–H and O–H groups in total. The van der Waals surface area contributed by atoms with E-state index in [0.717, 1.165) is 34.3 Å². The third kappa shape index (κ3) is 4.21. The number of pyridine rings is 2. The van der Waals surface area contributed by atoms with Crippen molar-refractivity contribution in [1.29, 1.82) is 0 Å². The second-order valence-corrected chi connectivity index (χ2v) is 6.62. The highest BCUT2D eigenvalue weighted by molar-refractivity contribution is 5.79. The number of aromatic nitrogens is 3. The lowest BCUT2D eigenvalue weighted by atomic mass is 10.1. The molecule has 8 heteroatoms. The molecule has 0 spiro atoms. The van der Waals surface area contributed by atoms with Crippen LogP contribution in [0.3, 0.4) is 0 Å². The number of hydrogen-bond donors (Lipinski definition) is 2. The number of aromatic amines is 1. The van der Waals surface area contributed by atoms with E-state index in [1.165, 1.54) is 24.4 Å². The predicted octanol–water partition coefficient (Wildman–Crippen LogP) is 5.40. The van der Waals surface area contributed by atoms with Crippen molar-refractivity contribution in [2.45, 2.75) is 18.6 Å². The van der Waals surface area contributed by atoms with Gasteiger partial charge in [0.2, 0.25) is 0 Å². The molecule has 0 aliphatic heterocycles. The average Bonchev–Trinajstić information content (AvgIpc) is 3.09. The number of nitrogens with one attached hydrogen (secondary N) is 2. The van der Waals surface area contributed by atoms with Gasteiger partial charge < -0.3 is 10.3 Å². The second kappa shape index (κ2) is 7.54. The first-order valence-electron chi connectivity index (χ1n) is 8.85. The number of rotatable bonds is 5. The number of halogens is 4. The summed E-state index contributed by atoms with van der Waals surface area (Å²) in [6.45, 7) is 0. The molecule has 0 fully saturated rings. The van der Waals surface area contributed by atoms with Crippen LogP contribution in [0, 0.1) is 5.82 Å². The van der Waals surface area contributed by atoms with E-state index in [1.54, 1.807) is 12.3 Å². The smallest absolute Gasteiger partial charge is 0.355 e. The molecule has 0 amide bonds. The largest absolute Gasteiger partial charge is 0.412 e. The van der Waals surface area contributed by atoms with Crippen LogP contribution < -0.4 is 5.32 Å². The van der Waals surface area contributed by atoms with Crippen LogP contribution in [0.15, 0.2) is 67.1 Å². The van der Waals surface area contributed by atoms with Gasteiger partial charge in [-0.25, -0.2) is 14.4 Å². The van der Waals surface area contributed by atoms with E-state index in [1.807, 2.05) is 18.3 Å². The standard InChI is InChI=1S/C21H16F4N4/c22-16-4-1-3-14(10-16)19(21(23,24)25)29-18-7-6-13(11-27-18)9-15-12-28-20-17(15)5-2-8-26-20/h1-8,10-12,19H,9H2,(H,26,28)(H,27,29). The minimum atomic E-state index is -4.61. The van der Waals surface area contributed by atoms with Crippen molar-refractivity contribution >= 4 is 16.9 Å². The van der Waals surface area contributed by atoms with E-state index in [-0.39, 0.29) is 11.4 Å². The van der Waals surface area contributed by atoms with Crippen LogP contribution in [0.5, 0.6) is 0 Å². The highest BCUT2D eigenvalue weighted by atomic mass is 19.4. The fraction of sp³-hybridized carbons (Fsp3) is 0.143. The van der Waals surface area contributed by atoms with Crippen LogP contribution in [-0.2, 0) is 6.42 Å². The zero-order valence-electron chi connectivity index (χ0n) is 15.0. The Balaban J connectivity index is 1.53. The lowest BCUT2D eigenvalue weighted by Gasteiger charge is -2.22. The van der Waals surface area contributed by atoms with Gasteiger partial charge in [0.15, 0.2) is 0 Å². The van der Waals surface area contributed by atoms with Crippen LogP contribution >= 0.6 is 0 Å². The summed E-state index contributed by atoms with van der Waals surface area (Å²) >= 11 is 0. The number of benzene rings is 1.